The number of halogens is 6. The van der Waals surface area contributed by atoms with Crippen molar-refractivity contribution in [3.8, 4) is 0 Å². The van der Waals surface area contributed by atoms with Crippen LogP contribution in [0.4, 0.5) is 49.2 Å². The van der Waals surface area contributed by atoms with Gasteiger partial charge in [0, 0.05) is 35.3 Å². The van der Waals surface area contributed by atoms with Gasteiger partial charge in [0.2, 0.25) is 0 Å². The number of benzene rings is 3. The number of pyridine rings is 1. The Labute approximate surface area is 251 Å². The van der Waals surface area contributed by atoms with Crippen molar-refractivity contribution in [2.24, 2.45) is 11.5 Å². The van der Waals surface area contributed by atoms with Gasteiger partial charge in [-0.1, -0.05) is 12.1 Å². The summed E-state index contributed by atoms with van der Waals surface area (Å²) in [4.78, 5) is 3.81. The molecular weight excluding hydrogens is 580 g/mol. The highest BCUT2D eigenvalue weighted by molar-refractivity contribution is 5.62. The first kappa shape index (κ1) is 31.3. The molecule has 6 N–H and O–H groups in total. The standard InChI is InChI=1S/C17H17F3N2.C16H16F3N3/c18-17(19,20)13-3-7-15(8-4-13)22-16-6-2-11-9-14(21)5-1-12(11)10-16;17-16(18,19)12-3-6-15(21-9-12)22-14-5-2-10-7-13(20)4-1-11(10)8-14/h2-4,6-8,10,14,22H,1,5,9,21H2;2-3,5-6,8-9,13H,1,4,7,20H2,(H,21,22)/t14-;13-/m00/s1. The molecule has 0 bridgehead atoms. The molecule has 0 unspecified atom stereocenters. The van der Waals surface area contributed by atoms with Crippen LogP contribution in [-0.2, 0) is 38.0 Å². The van der Waals surface area contributed by atoms with Crippen LogP contribution in [0.2, 0.25) is 0 Å². The van der Waals surface area contributed by atoms with Gasteiger partial charge in [-0.15, -0.1) is 0 Å². The molecule has 0 radical (unpaired) electrons. The number of nitrogens with zero attached hydrogens (tertiary/aromatic N) is 1. The molecule has 0 saturated heterocycles. The molecule has 0 spiro atoms. The van der Waals surface area contributed by atoms with Crippen LogP contribution in [0.3, 0.4) is 0 Å². The highest BCUT2D eigenvalue weighted by atomic mass is 19.4. The molecule has 0 saturated carbocycles. The summed E-state index contributed by atoms with van der Waals surface area (Å²) < 4.78 is 75.1. The first-order valence-electron chi connectivity index (χ1n) is 14.3. The second-order valence-electron chi connectivity index (χ2n) is 11.2. The van der Waals surface area contributed by atoms with Crippen LogP contribution in [-0.4, -0.2) is 17.1 Å². The molecule has 2 aliphatic carbocycles. The summed E-state index contributed by atoms with van der Waals surface area (Å²) in [5.74, 6) is 0.389. The van der Waals surface area contributed by atoms with E-state index < -0.39 is 23.5 Å². The first-order valence-corrected chi connectivity index (χ1v) is 14.3. The number of hydrogen-bond acceptors (Lipinski definition) is 5. The third-order valence-electron chi connectivity index (χ3n) is 7.81. The van der Waals surface area contributed by atoms with Gasteiger partial charge < -0.3 is 22.1 Å². The number of anilines is 4. The zero-order valence-electron chi connectivity index (χ0n) is 23.8. The van der Waals surface area contributed by atoms with Crippen molar-refractivity contribution in [3.05, 3.63) is 112 Å². The zero-order valence-corrected chi connectivity index (χ0v) is 23.8. The molecule has 5 nitrogen and oxygen atoms in total. The van der Waals surface area contributed by atoms with E-state index in [4.69, 9.17) is 11.5 Å². The monoisotopic (exact) mass is 613 g/mol. The van der Waals surface area contributed by atoms with E-state index in [9.17, 15) is 26.3 Å². The number of alkyl halides is 6. The van der Waals surface area contributed by atoms with Crippen molar-refractivity contribution >= 4 is 22.9 Å². The van der Waals surface area contributed by atoms with Crippen molar-refractivity contribution in [1.82, 2.24) is 4.98 Å². The zero-order chi connectivity index (χ0) is 31.5. The van der Waals surface area contributed by atoms with E-state index in [0.717, 1.165) is 74.3 Å². The number of aromatic nitrogens is 1. The average molecular weight is 614 g/mol. The molecule has 0 fully saturated rings. The Bertz CT molecular complexity index is 1450. The van der Waals surface area contributed by atoms with Gasteiger partial charge in [0.05, 0.1) is 11.1 Å². The predicted molar refractivity (Wildman–Crippen MR) is 160 cm³/mol. The predicted octanol–water partition coefficient (Wildman–Crippen LogP) is 7.93. The van der Waals surface area contributed by atoms with Gasteiger partial charge in [-0.05, 0) is 121 Å². The maximum atomic E-state index is 12.5. The molecule has 1 aromatic heterocycles. The molecule has 1 heterocycles. The minimum Gasteiger partial charge on any atom is -0.356 e. The highest BCUT2D eigenvalue weighted by Gasteiger charge is 2.31. The number of hydrogen-bond donors (Lipinski definition) is 4. The molecule has 4 aromatic rings. The van der Waals surface area contributed by atoms with Gasteiger partial charge in [-0.2, -0.15) is 26.3 Å². The van der Waals surface area contributed by atoms with E-state index in [1.54, 1.807) is 0 Å². The normalized spacial score (nSPS) is 17.9. The molecule has 44 heavy (non-hydrogen) atoms. The maximum Gasteiger partial charge on any atom is 0.417 e. The maximum absolute atomic E-state index is 12.5. The van der Waals surface area contributed by atoms with Crippen LogP contribution < -0.4 is 22.1 Å². The molecule has 0 aliphatic heterocycles. The Kier molecular flexibility index (Phi) is 9.17. The number of fused-ring (bicyclic) bond motifs is 2. The van der Waals surface area contributed by atoms with Crippen molar-refractivity contribution in [2.75, 3.05) is 10.6 Å². The van der Waals surface area contributed by atoms with Crippen molar-refractivity contribution in [1.29, 1.82) is 0 Å². The summed E-state index contributed by atoms with van der Waals surface area (Å²) >= 11 is 0. The molecule has 2 atom stereocenters. The van der Waals surface area contributed by atoms with Crippen molar-refractivity contribution in [3.63, 3.8) is 0 Å². The summed E-state index contributed by atoms with van der Waals surface area (Å²) in [5.41, 5.74) is 17.8. The highest BCUT2D eigenvalue weighted by Crippen LogP contribution is 2.32. The smallest absolute Gasteiger partial charge is 0.356 e. The largest absolute Gasteiger partial charge is 0.417 e. The molecular formula is C33H33F6N5. The molecule has 232 valence electrons. The number of nitrogens with one attached hydrogen (secondary N) is 2. The van der Waals surface area contributed by atoms with Gasteiger partial charge >= 0.3 is 12.4 Å². The summed E-state index contributed by atoms with van der Waals surface area (Å²) in [7, 11) is 0. The van der Waals surface area contributed by atoms with Crippen LogP contribution in [0.5, 0.6) is 0 Å². The van der Waals surface area contributed by atoms with Crippen molar-refractivity contribution in [2.45, 2.75) is 63.0 Å². The number of nitrogens with two attached hydrogens (primary N) is 2. The van der Waals surface area contributed by atoms with Crippen molar-refractivity contribution < 1.29 is 26.3 Å². The minimum atomic E-state index is -4.36. The molecule has 6 rings (SSSR count). The number of rotatable bonds is 4. The fourth-order valence-electron chi connectivity index (χ4n) is 5.41. The first-order chi connectivity index (χ1) is 20.8. The summed E-state index contributed by atoms with van der Waals surface area (Å²) in [6.45, 7) is 0. The van der Waals surface area contributed by atoms with E-state index >= 15 is 0 Å². The van der Waals surface area contributed by atoms with E-state index in [1.165, 1.54) is 40.5 Å². The summed E-state index contributed by atoms with van der Waals surface area (Å²) in [6.07, 6.45) is -2.29. The number of aryl methyl sites for hydroxylation is 2. The lowest BCUT2D eigenvalue weighted by atomic mass is 9.88. The quantitative estimate of drug-likeness (QED) is 0.176. The molecule has 2 aliphatic rings. The van der Waals surface area contributed by atoms with E-state index in [1.807, 2.05) is 30.3 Å². The van der Waals surface area contributed by atoms with Gasteiger partial charge in [-0.3, -0.25) is 0 Å². The van der Waals surface area contributed by atoms with Crippen LogP contribution in [0.15, 0.2) is 79.0 Å². The average Bonchev–Trinajstić information content (AvgIpc) is 2.97. The Balaban J connectivity index is 0.000000175. The second-order valence-corrected chi connectivity index (χ2v) is 11.2. The van der Waals surface area contributed by atoms with E-state index in [0.29, 0.717) is 11.5 Å². The SMILES string of the molecule is N[C@H]1CCc2cc(Nc3ccc(C(F)(F)F)cc3)ccc2C1.N[C@H]1CCc2cc(Nc3ccc(C(F)(F)F)cn3)ccc2C1. The fraction of sp³-hybridized carbons (Fsp3) is 0.303. The van der Waals surface area contributed by atoms with Crippen LogP contribution in [0, 0.1) is 0 Å². The third-order valence-corrected chi connectivity index (χ3v) is 7.81. The lowest BCUT2D eigenvalue weighted by molar-refractivity contribution is -0.138. The fourth-order valence-corrected chi connectivity index (χ4v) is 5.41. The van der Waals surface area contributed by atoms with E-state index in [-0.39, 0.29) is 12.1 Å². The van der Waals surface area contributed by atoms with Crippen LogP contribution >= 0.6 is 0 Å². The lowest BCUT2D eigenvalue weighted by Gasteiger charge is -2.22. The Morgan fingerprint density at radius 3 is 1.52 bits per heavy atom. The lowest BCUT2D eigenvalue weighted by Crippen LogP contribution is -2.27. The topological polar surface area (TPSA) is 89.0 Å². The van der Waals surface area contributed by atoms with E-state index in [2.05, 4.69) is 21.7 Å². The Morgan fingerprint density at radius 2 is 1.05 bits per heavy atom. The van der Waals surface area contributed by atoms with Gasteiger partial charge in [-0.25, -0.2) is 4.98 Å². The van der Waals surface area contributed by atoms with Gasteiger partial charge in [0.25, 0.3) is 0 Å². The third kappa shape index (κ3) is 8.09. The minimum absolute atomic E-state index is 0.211. The summed E-state index contributed by atoms with van der Waals surface area (Å²) in [5, 5.41) is 6.18. The molecule has 11 heteroatoms. The summed E-state index contributed by atoms with van der Waals surface area (Å²) in [6, 6.07) is 19.8. The molecule has 3 aromatic carbocycles. The van der Waals surface area contributed by atoms with Gasteiger partial charge in [0.15, 0.2) is 0 Å². The Morgan fingerprint density at radius 1 is 0.568 bits per heavy atom. The van der Waals surface area contributed by atoms with Crippen LogP contribution in [0.25, 0.3) is 0 Å². The Hall–Kier alpha value is -4.09. The second kappa shape index (κ2) is 12.9. The molecule has 0 amide bonds. The van der Waals surface area contributed by atoms with Crippen LogP contribution in [0.1, 0.15) is 46.2 Å². The van der Waals surface area contributed by atoms with Gasteiger partial charge in [0.1, 0.15) is 5.82 Å².